The maximum atomic E-state index is 12.1. The van der Waals surface area contributed by atoms with Gasteiger partial charge in [0.2, 0.25) is 0 Å². The second kappa shape index (κ2) is 6.67. The molecule has 2 aliphatic heterocycles. The quantitative estimate of drug-likeness (QED) is 0.744. The first-order chi connectivity index (χ1) is 9.47. The highest BCUT2D eigenvalue weighted by atomic mass is 32.2. The van der Waals surface area contributed by atoms with Crippen molar-refractivity contribution in [2.24, 2.45) is 5.41 Å². The molecule has 116 valence electrons. The number of esters is 1. The van der Waals surface area contributed by atoms with Gasteiger partial charge < -0.3 is 9.47 Å². The lowest BCUT2D eigenvalue weighted by molar-refractivity contribution is -0.148. The Hall–Kier alpha value is -0.260. The summed E-state index contributed by atoms with van der Waals surface area (Å²) in [4.78, 5) is 14.6. The van der Waals surface area contributed by atoms with Gasteiger partial charge in [0, 0.05) is 24.4 Å². The second-order valence-corrected chi connectivity index (χ2v) is 7.62. The zero-order chi connectivity index (χ0) is 14.6. The van der Waals surface area contributed by atoms with Crippen molar-refractivity contribution < 1.29 is 14.3 Å². The van der Waals surface area contributed by atoms with Crippen LogP contribution in [0.1, 0.15) is 33.6 Å². The van der Waals surface area contributed by atoms with Gasteiger partial charge in [-0.1, -0.05) is 13.8 Å². The fourth-order valence-corrected chi connectivity index (χ4v) is 4.98. The van der Waals surface area contributed by atoms with Crippen LogP contribution in [0.15, 0.2) is 0 Å². The number of ether oxygens (including phenoxy) is 2. The first-order valence-electron chi connectivity index (χ1n) is 7.54. The summed E-state index contributed by atoms with van der Waals surface area (Å²) in [6.45, 7) is 10.4. The molecule has 0 amide bonds. The van der Waals surface area contributed by atoms with E-state index < -0.39 is 0 Å². The fourth-order valence-electron chi connectivity index (χ4n) is 3.46. The number of nitrogens with zero attached hydrogens (tertiary/aromatic N) is 1. The molecule has 0 aromatic carbocycles. The van der Waals surface area contributed by atoms with Crippen LogP contribution in [0, 0.1) is 5.41 Å². The van der Waals surface area contributed by atoms with E-state index in [9.17, 15) is 4.79 Å². The van der Waals surface area contributed by atoms with Crippen molar-refractivity contribution in [3.63, 3.8) is 0 Å². The van der Waals surface area contributed by atoms with Gasteiger partial charge in [-0.2, -0.15) is 11.8 Å². The van der Waals surface area contributed by atoms with Crippen LogP contribution < -0.4 is 0 Å². The average molecular weight is 301 g/mol. The minimum absolute atomic E-state index is 0.0531. The molecule has 1 unspecified atom stereocenters. The summed E-state index contributed by atoms with van der Waals surface area (Å²) in [5.41, 5.74) is 0.218. The molecule has 0 saturated carbocycles. The van der Waals surface area contributed by atoms with E-state index in [4.69, 9.17) is 9.47 Å². The molecule has 0 bridgehead atoms. The summed E-state index contributed by atoms with van der Waals surface area (Å²) < 4.78 is 10.7. The van der Waals surface area contributed by atoms with Crippen molar-refractivity contribution in [2.75, 3.05) is 44.4 Å². The maximum absolute atomic E-state index is 12.1. The molecule has 2 saturated heterocycles. The molecule has 2 heterocycles. The van der Waals surface area contributed by atoms with E-state index in [2.05, 4.69) is 18.7 Å². The van der Waals surface area contributed by atoms with Crippen molar-refractivity contribution >= 4 is 17.7 Å². The van der Waals surface area contributed by atoms with Gasteiger partial charge in [-0.25, -0.2) is 0 Å². The Balaban J connectivity index is 2.15. The lowest BCUT2D eigenvalue weighted by atomic mass is 9.77. The van der Waals surface area contributed by atoms with Crippen molar-refractivity contribution in [3.8, 4) is 0 Å². The molecule has 2 fully saturated rings. The molecular formula is C15H27NO3S. The largest absolute Gasteiger partial charge is 0.466 e. The number of hydrogen-bond donors (Lipinski definition) is 0. The number of carbonyl (C=O) groups is 1. The molecule has 0 aliphatic carbocycles. The van der Waals surface area contributed by atoms with E-state index in [1.165, 1.54) is 5.75 Å². The normalized spacial score (nSPS) is 30.9. The highest BCUT2D eigenvalue weighted by Crippen LogP contribution is 2.44. The molecular weight excluding hydrogens is 274 g/mol. The predicted octanol–water partition coefficient (Wildman–Crippen LogP) is 2.17. The van der Waals surface area contributed by atoms with Gasteiger partial charge in [0.25, 0.3) is 0 Å². The molecule has 4 nitrogen and oxygen atoms in total. The summed E-state index contributed by atoms with van der Waals surface area (Å²) in [5, 5.41) is 0. The third kappa shape index (κ3) is 3.89. The van der Waals surface area contributed by atoms with Gasteiger partial charge in [-0.15, -0.1) is 0 Å². The molecule has 1 atom stereocenters. The number of rotatable bonds is 4. The van der Waals surface area contributed by atoms with Crippen LogP contribution in [0.4, 0.5) is 0 Å². The van der Waals surface area contributed by atoms with Gasteiger partial charge >= 0.3 is 5.97 Å². The van der Waals surface area contributed by atoms with Gasteiger partial charge in [0.15, 0.2) is 0 Å². The Bertz CT molecular complexity index is 342. The monoisotopic (exact) mass is 301 g/mol. The van der Waals surface area contributed by atoms with Gasteiger partial charge in [-0.05, 0) is 24.5 Å². The van der Waals surface area contributed by atoms with Gasteiger partial charge in [-0.3, -0.25) is 9.69 Å². The second-order valence-electron chi connectivity index (χ2n) is 6.64. The third-order valence-electron chi connectivity index (χ3n) is 4.13. The van der Waals surface area contributed by atoms with Crippen LogP contribution in [0.3, 0.4) is 0 Å². The van der Waals surface area contributed by atoms with Crippen LogP contribution in [0.2, 0.25) is 0 Å². The lowest BCUT2D eigenvalue weighted by Gasteiger charge is -2.51. The smallest absolute Gasteiger partial charge is 0.307 e. The van der Waals surface area contributed by atoms with E-state index in [1.807, 2.05) is 18.7 Å². The Morgan fingerprint density at radius 3 is 2.60 bits per heavy atom. The predicted molar refractivity (Wildman–Crippen MR) is 82.1 cm³/mol. The average Bonchev–Trinajstić information content (AvgIpc) is 2.38. The van der Waals surface area contributed by atoms with Crippen LogP contribution >= 0.6 is 11.8 Å². The molecule has 5 heteroatoms. The standard InChI is InChI=1S/C15H27NO3S/c1-4-19-13(17)9-15(16-5-7-18-8-6-16)10-14(2,3)11-20-12-15/h4-12H2,1-3H3. The van der Waals surface area contributed by atoms with Crippen LogP contribution in [0.5, 0.6) is 0 Å². The Morgan fingerprint density at radius 2 is 2.00 bits per heavy atom. The number of carbonyl (C=O) groups excluding carboxylic acids is 1. The Labute approximate surface area is 126 Å². The first-order valence-corrected chi connectivity index (χ1v) is 8.69. The van der Waals surface area contributed by atoms with Crippen LogP contribution in [-0.4, -0.2) is 60.8 Å². The van der Waals surface area contributed by atoms with E-state index in [1.54, 1.807) is 0 Å². The molecule has 2 rings (SSSR count). The van der Waals surface area contributed by atoms with Crippen molar-refractivity contribution in [1.29, 1.82) is 0 Å². The van der Waals surface area contributed by atoms with Crippen molar-refractivity contribution in [1.82, 2.24) is 4.90 Å². The van der Waals surface area contributed by atoms with Gasteiger partial charge in [0.05, 0.1) is 26.2 Å². The van der Waals surface area contributed by atoms with Crippen LogP contribution in [-0.2, 0) is 14.3 Å². The molecule has 0 aromatic rings. The molecule has 2 aliphatic rings. The van der Waals surface area contributed by atoms with Gasteiger partial charge in [0.1, 0.15) is 0 Å². The zero-order valence-electron chi connectivity index (χ0n) is 12.9. The SMILES string of the molecule is CCOC(=O)CC1(N2CCOCC2)CSCC(C)(C)C1. The summed E-state index contributed by atoms with van der Waals surface area (Å²) in [6.07, 6.45) is 1.57. The zero-order valence-corrected chi connectivity index (χ0v) is 13.8. The minimum Gasteiger partial charge on any atom is -0.466 e. The highest BCUT2D eigenvalue weighted by molar-refractivity contribution is 7.99. The first kappa shape index (κ1) is 16.1. The van der Waals surface area contributed by atoms with E-state index >= 15 is 0 Å². The summed E-state index contributed by atoms with van der Waals surface area (Å²) >= 11 is 1.97. The highest BCUT2D eigenvalue weighted by Gasteiger charge is 2.46. The molecule has 0 spiro atoms. The van der Waals surface area contributed by atoms with E-state index in [0.717, 1.165) is 38.5 Å². The van der Waals surface area contributed by atoms with Crippen LogP contribution in [0.25, 0.3) is 0 Å². The van der Waals surface area contributed by atoms with E-state index in [0.29, 0.717) is 13.0 Å². The third-order valence-corrected chi connectivity index (χ3v) is 5.86. The maximum Gasteiger partial charge on any atom is 0.307 e. The minimum atomic E-state index is -0.0581. The summed E-state index contributed by atoms with van der Waals surface area (Å²) in [7, 11) is 0. The summed E-state index contributed by atoms with van der Waals surface area (Å²) in [6, 6.07) is 0. The number of hydrogen-bond acceptors (Lipinski definition) is 5. The molecule has 0 aromatic heterocycles. The Kier molecular flexibility index (Phi) is 5.37. The topological polar surface area (TPSA) is 38.8 Å². The molecule has 20 heavy (non-hydrogen) atoms. The molecule has 0 radical (unpaired) electrons. The number of thioether (sulfide) groups is 1. The fraction of sp³-hybridized carbons (Fsp3) is 0.933. The van der Waals surface area contributed by atoms with E-state index in [-0.39, 0.29) is 16.9 Å². The lowest BCUT2D eigenvalue weighted by Crippen LogP contribution is -2.59. The molecule has 0 N–H and O–H groups in total. The summed E-state index contributed by atoms with van der Waals surface area (Å²) in [5.74, 6) is 2.13. The Morgan fingerprint density at radius 1 is 1.30 bits per heavy atom. The van der Waals surface area contributed by atoms with Crippen molar-refractivity contribution in [2.45, 2.75) is 39.2 Å². The number of morpholine rings is 1. The van der Waals surface area contributed by atoms with Crippen molar-refractivity contribution in [3.05, 3.63) is 0 Å².